The van der Waals surface area contributed by atoms with E-state index in [4.69, 9.17) is 16.3 Å². The maximum absolute atomic E-state index is 14.4. The molecule has 176 valence electrons. The minimum Gasteiger partial charge on any atom is -0.503 e. The molecule has 0 bridgehead atoms. The summed E-state index contributed by atoms with van der Waals surface area (Å²) in [5, 5.41) is 22.3. The van der Waals surface area contributed by atoms with Crippen LogP contribution in [0.3, 0.4) is 0 Å². The topological polar surface area (TPSA) is 121 Å². The lowest BCUT2D eigenvalue weighted by atomic mass is 10.0. The van der Waals surface area contributed by atoms with Gasteiger partial charge in [-0.05, 0) is 19.4 Å². The van der Waals surface area contributed by atoms with Crippen molar-refractivity contribution in [1.29, 1.82) is 0 Å². The van der Waals surface area contributed by atoms with Gasteiger partial charge < -0.3 is 29.7 Å². The standard InChI is InChI=1S/C22H23ClFN3O6/c1-3-27-21(32)17-19(30)18(29)13(8-26(17)10-22(27)6-12(22)9-28)20(31)25-7-11-4-5-14(33-2)15(23)16(11)24/h4-5,8,12,28,30H,3,6-7,9-10H2,1-2H3,(H,25,31)/t12-,22-/m1/s1. The average molecular weight is 480 g/mol. The number of nitrogens with one attached hydrogen (secondary N) is 1. The van der Waals surface area contributed by atoms with Gasteiger partial charge >= 0.3 is 0 Å². The van der Waals surface area contributed by atoms with Gasteiger partial charge in [-0.3, -0.25) is 14.4 Å². The van der Waals surface area contributed by atoms with Crippen LogP contribution in [0, 0.1) is 11.7 Å². The molecule has 1 aliphatic heterocycles. The molecule has 11 heteroatoms. The first kappa shape index (κ1) is 23.1. The predicted molar refractivity (Wildman–Crippen MR) is 116 cm³/mol. The first-order valence-corrected chi connectivity index (χ1v) is 10.8. The SMILES string of the molecule is CCN1C(=O)c2c(O)c(=O)c(C(=O)NCc3ccc(OC)c(Cl)c3F)cn2C[C@@]12C[C@@H]2CO. The molecule has 0 unspecified atom stereocenters. The molecule has 1 saturated carbocycles. The summed E-state index contributed by atoms with van der Waals surface area (Å²) in [4.78, 5) is 40.0. The van der Waals surface area contributed by atoms with Crippen LogP contribution in [0.25, 0.3) is 0 Å². The summed E-state index contributed by atoms with van der Waals surface area (Å²) >= 11 is 5.90. The molecule has 2 amide bonds. The van der Waals surface area contributed by atoms with Gasteiger partial charge in [0, 0.05) is 43.9 Å². The number of benzene rings is 1. The number of carbonyl (C=O) groups excluding carboxylic acids is 2. The molecular weight excluding hydrogens is 457 g/mol. The molecule has 2 atom stereocenters. The van der Waals surface area contributed by atoms with Crippen LogP contribution in [0.5, 0.6) is 11.5 Å². The molecule has 2 aliphatic rings. The fourth-order valence-electron chi connectivity index (χ4n) is 4.59. The molecule has 1 aromatic carbocycles. The van der Waals surface area contributed by atoms with Crippen LogP contribution < -0.4 is 15.5 Å². The Morgan fingerprint density at radius 3 is 2.73 bits per heavy atom. The number of methoxy groups -OCH3 is 1. The maximum Gasteiger partial charge on any atom is 0.275 e. The van der Waals surface area contributed by atoms with E-state index < -0.39 is 34.3 Å². The summed E-state index contributed by atoms with van der Waals surface area (Å²) < 4.78 is 20.7. The monoisotopic (exact) mass is 479 g/mol. The number of halogens is 2. The number of ether oxygens (including phenoxy) is 1. The van der Waals surface area contributed by atoms with Crippen molar-refractivity contribution in [1.82, 2.24) is 14.8 Å². The third-order valence-corrected chi connectivity index (χ3v) is 6.80. The predicted octanol–water partition coefficient (Wildman–Crippen LogP) is 1.51. The fraction of sp³-hybridized carbons (Fsp3) is 0.409. The molecule has 0 radical (unpaired) electrons. The highest BCUT2D eigenvalue weighted by molar-refractivity contribution is 6.32. The number of pyridine rings is 1. The summed E-state index contributed by atoms with van der Waals surface area (Å²) in [7, 11) is 1.34. The smallest absolute Gasteiger partial charge is 0.275 e. The molecule has 4 rings (SSSR count). The minimum absolute atomic E-state index is 0.0768. The van der Waals surface area contributed by atoms with Gasteiger partial charge in [0.25, 0.3) is 11.8 Å². The Bertz CT molecular complexity index is 1220. The Hall–Kier alpha value is -3.11. The maximum atomic E-state index is 14.4. The summed E-state index contributed by atoms with van der Waals surface area (Å²) in [6, 6.07) is 2.84. The van der Waals surface area contributed by atoms with Crippen molar-refractivity contribution < 1.29 is 28.9 Å². The summed E-state index contributed by atoms with van der Waals surface area (Å²) in [6.45, 7) is 1.98. The van der Waals surface area contributed by atoms with E-state index in [9.17, 15) is 29.0 Å². The highest BCUT2D eigenvalue weighted by atomic mass is 35.5. The third-order valence-electron chi connectivity index (χ3n) is 6.45. The number of hydrogen-bond donors (Lipinski definition) is 3. The molecule has 2 heterocycles. The zero-order valence-electron chi connectivity index (χ0n) is 18.0. The van der Waals surface area contributed by atoms with Crippen molar-refractivity contribution >= 4 is 23.4 Å². The number of hydrogen-bond acceptors (Lipinski definition) is 6. The van der Waals surface area contributed by atoms with E-state index in [1.807, 2.05) is 0 Å². The molecular formula is C22H23ClFN3O6. The molecule has 1 aliphatic carbocycles. The first-order chi connectivity index (χ1) is 15.7. The van der Waals surface area contributed by atoms with E-state index in [1.54, 1.807) is 11.8 Å². The van der Waals surface area contributed by atoms with Gasteiger partial charge in [-0.25, -0.2) is 4.39 Å². The van der Waals surface area contributed by atoms with Gasteiger partial charge in [0.2, 0.25) is 5.43 Å². The Kier molecular flexibility index (Phi) is 5.83. The average Bonchev–Trinajstić information content (AvgIpc) is 3.49. The van der Waals surface area contributed by atoms with Crippen LogP contribution in [-0.2, 0) is 13.1 Å². The molecule has 33 heavy (non-hydrogen) atoms. The highest BCUT2D eigenvalue weighted by Crippen LogP contribution is 2.52. The van der Waals surface area contributed by atoms with Gasteiger partial charge in [-0.1, -0.05) is 17.7 Å². The van der Waals surface area contributed by atoms with E-state index in [0.717, 1.165) is 0 Å². The lowest BCUT2D eigenvalue weighted by Crippen LogP contribution is -2.52. The second-order valence-corrected chi connectivity index (χ2v) is 8.55. The van der Waals surface area contributed by atoms with Gasteiger partial charge in [0.15, 0.2) is 17.3 Å². The van der Waals surface area contributed by atoms with Crippen molar-refractivity contribution in [2.45, 2.75) is 32.0 Å². The van der Waals surface area contributed by atoms with Gasteiger partial charge in [0.05, 0.1) is 12.6 Å². The number of likely N-dealkylation sites (N-methyl/N-ethyl adjacent to an activating group) is 1. The number of nitrogens with zero attached hydrogens (tertiary/aromatic N) is 2. The number of rotatable bonds is 6. The van der Waals surface area contributed by atoms with Crippen molar-refractivity contribution in [3.05, 3.63) is 56.2 Å². The highest BCUT2D eigenvalue weighted by Gasteiger charge is 2.61. The molecule has 3 N–H and O–H groups in total. The van der Waals surface area contributed by atoms with E-state index in [-0.39, 0.29) is 53.2 Å². The normalized spacial score (nSPS) is 21.2. The second-order valence-electron chi connectivity index (χ2n) is 8.17. The van der Waals surface area contributed by atoms with Gasteiger partial charge in [-0.2, -0.15) is 0 Å². The molecule has 1 aromatic heterocycles. The molecule has 1 fully saturated rings. The number of fused-ring (bicyclic) bond motifs is 1. The van der Waals surface area contributed by atoms with Crippen LogP contribution >= 0.6 is 11.6 Å². The van der Waals surface area contributed by atoms with Crippen LogP contribution in [-0.4, -0.2) is 57.3 Å². The van der Waals surface area contributed by atoms with E-state index in [0.29, 0.717) is 13.0 Å². The van der Waals surface area contributed by atoms with Crippen molar-refractivity contribution in [3.63, 3.8) is 0 Å². The Labute approximate surface area is 193 Å². The fourth-order valence-corrected chi connectivity index (χ4v) is 4.85. The lowest BCUT2D eigenvalue weighted by Gasteiger charge is -2.38. The quantitative estimate of drug-likeness (QED) is 0.577. The van der Waals surface area contributed by atoms with Crippen LogP contribution in [0.4, 0.5) is 4.39 Å². The number of aliphatic hydroxyl groups is 1. The van der Waals surface area contributed by atoms with Crippen LogP contribution in [0.2, 0.25) is 5.02 Å². The van der Waals surface area contributed by atoms with E-state index in [1.165, 1.54) is 30.0 Å². The summed E-state index contributed by atoms with van der Waals surface area (Å²) in [6.07, 6.45) is 1.80. The minimum atomic E-state index is -0.998. The van der Waals surface area contributed by atoms with Gasteiger partial charge in [-0.15, -0.1) is 0 Å². The van der Waals surface area contributed by atoms with Crippen molar-refractivity contribution in [2.75, 3.05) is 20.3 Å². The van der Waals surface area contributed by atoms with Crippen LogP contribution in [0.1, 0.15) is 39.8 Å². The molecule has 0 saturated heterocycles. The largest absolute Gasteiger partial charge is 0.503 e. The summed E-state index contributed by atoms with van der Waals surface area (Å²) in [5.41, 5.74) is -2.12. The lowest BCUT2D eigenvalue weighted by molar-refractivity contribution is 0.0508. The molecule has 2 aromatic rings. The Balaban J connectivity index is 1.64. The summed E-state index contributed by atoms with van der Waals surface area (Å²) in [5.74, 6) is -2.94. The van der Waals surface area contributed by atoms with Crippen molar-refractivity contribution in [2.24, 2.45) is 5.92 Å². The third kappa shape index (κ3) is 3.53. The van der Waals surface area contributed by atoms with Gasteiger partial charge in [0.1, 0.15) is 16.3 Å². The van der Waals surface area contributed by atoms with Crippen LogP contribution in [0.15, 0.2) is 23.1 Å². The zero-order chi connectivity index (χ0) is 24.1. The number of aromatic nitrogens is 1. The zero-order valence-corrected chi connectivity index (χ0v) is 18.8. The molecule has 9 nitrogen and oxygen atoms in total. The van der Waals surface area contributed by atoms with Crippen molar-refractivity contribution in [3.8, 4) is 11.5 Å². The number of carbonyl (C=O) groups is 2. The number of amides is 2. The number of aliphatic hydroxyl groups excluding tert-OH is 1. The second kappa shape index (κ2) is 8.35. The van der Waals surface area contributed by atoms with E-state index in [2.05, 4.69) is 5.32 Å². The Morgan fingerprint density at radius 2 is 2.12 bits per heavy atom. The number of aromatic hydroxyl groups is 1. The molecule has 1 spiro atoms. The van der Waals surface area contributed by atoms with E-state index >= 15 is 0 Å². The Morgan fingerprint density at radius 1 is 1.39 bits per heavy atom. The first-order valence-electron chi connectivity index (χ1n) is 10.4.